The number of aliphatic hydroxyl groups excluding tert-OH is 5. The van der Waals surface area contributed by atoms with Gasteiger partial charge in [0.15, 0.2) is 0 Å². The van der Waals surface area contributed by atoms with Crippen LogP contribution in [0.5, 0.6) is 0 Å². The first-order valence-corrected chi connectivity index (χ1v) is 64.9. The van der Waals surface area contributed by atoms with Gasteiger partial charge in [0.05, 0.1) is 58.5 Å². The van der Waals surface area contributed by atoms with Crippen LogP contribution in [0.25, 0.3) is 0 Å². The van der Waals surface area contributed by atoms with Crippen molar-refractivity contribution in [3.05, 3.63) is 30.1 Å². The Morgan fingerprint density at radius 1 is 0.272 bits per heavy atom. The zero-order valence-corrected chi connectivity index (χ0v) is 99.6. The summed E-state index contributed by atoms with van der Waals surface area (Å²) in [5.74, 6) is 24.1. The highest BCUT2D eigenvalue weighted by atomic mass is 16.3. The molecule has 21 fully saturated rings. The van der Waals surface area contributed by atoms with Crippen LogP contribution in [0.1, 0.15) is 525 Å². The number of hydrogen-bond acceptors (Lipinski definition) is 11. The fourth-order valence-electron chi connectivity index (χ4n) is 46.7. The van der Waals surface area contributed by atoms with Crippen LogP contribution in [0.15, 0.2) is 24.5 Å². The van der Waals surface area contributed by atoms with Gasteiger partial charge in [0.1, 0.15) is 0 Å². The van der Waals surface area contributed by atoms with E-state index in [1.54, 1.807) is 6.20 Å². The second kappa shape index (κ2) is 43.0. The van der Waals surface area contributed by atoms with Gasteiger partial charge in [-0.25, -0.2) is 0 Å². The summed E-state index contributed by atoms with van der Waals surface area (Å²) in [6.07, 6.45) is 68.4. The maximum Gasteiger partial charge on any atom is 0.0833 e. The fraction of sp³-hybridized carbons (Fsp3) is 0.963. The Bertz CT molecular complexity index is 4380. The van der Waals surface area contributed by atoms with E-state index in [9.17, 15) is 51.1 Å². The highest BCUT2D eigenvalue weighted by Crippen LogP contribution is 2.77. The summed E-state index contributed by atoms with van der Waals surface area (Å²) in [4.78, 5) is 4.25. The number of aliphatic hydroxyl groups is 10. The minimum atomic E-state index is -0.430. The van der Waals surface area contributed by atoms with Gasteiger partial charge in [-0.1, -0.05) is 151 Å². The van der Waals surface area contributed by atoms with Crippen molar-refractivity contribution in [3.63, 3.8) is 0 Å². The molecule has 22 rings (SSSR count). The molecule has 0 aliphatic heterocycles. The van der Waals surface area contributed by atoms with Crippen molar-refractivity contribution in [1.82, 2.24) is 4.98 Å². The topological polar surface area (TPSA) is 215 Å². The molecule has 0 aromatic carbocycles. The summed E-state index contributed by atoms with van der Waals surface area (Å²) in [5, 5.41) is 108. The van der Waals surface area contributed by atoms with E-state index in [1.807, 2.05) is 25.3 Å². The van der Waals surface area contributed by atoms with E-state index in [2.05, 4.69) is 171 Å². The molecule has 0 radical (unpaired) electrons. The molecule has 0 bridgehead atoms. The number of hydrogen-bond donors (Lipinski definition) is 10. The van der Waals surface area contributed by atoms with E-state index in [1.165, 1.54) is 238 Å². The van der Waals surface area contributed by atoms with E-state index in [4.69, 9.17) is 0 Å². The van der Waals surface area contributed by atoms with Gasteiger partial charge in [-0.2, -0.15) is 0 Å². The minimum Gasteiger partial charge on any atom is -0.393 e. The zero-order chi connectivity index (χ0) is 106. The van der Waals surface area contributed by atoms with Crippen LogP contribution >= 0.6 is 0 Å². The summed E-state index contributed by atoms with van der Waals surface area (Å²) >= 11 is 0. The maximum atomic E-state index is 11.2. The maximum absolute atomic E-state index is 11.2. The van der Waals surface area contributed by atoms with Gasteiger partial charge in [-0.3, -0.25) is 4.98 Å². The lowest BCUT2D eigenvalue weighted by Gasteiger charge is -2.62. The fourth-order valence-corrected chi connectivity index (χ4v) is 46.7. The monoisotopic (exact) mass is 2040 g/mol. The van der Waals surface area contributed by atoms with Gasteiger partial charge in [-0.15, -0.1) is 0 Å². The Morgan fingerprint density at radius 2 is 0.537 bits per heavy atom. The second-order valence-corrected chi connectivity index (χ2v) is 64.3. The molecule has 21 aliphatic carbocycles. The number of nitrogens with zero attached hydrogens (tertiary/aromatic N) is 1. The quantitative estimate of drug-likeness (QED) is 0.0593. The third kappa shape index (κ3) is 21.1. The summed E-state index contributed by atoms with van der Waals surface area (Å²) in [5.41, 5.74) is 3.26. The molecule has 0 amide bonds. The number of fused-ring (bicyclic) bond motifs is 25. The zero-order valence-electron chi connectivity index (χ0n) is 99.6. The van der Waals surface area contributed by atoms with E-state index in [0.717, 1.165) is 227 Å². The van der Waals surface area contributed by atoms with Crippen molar-refractivity contribution in [2.24, 2.45) is 249 Å². The number of pyridine rings is 1. The summed E-state index contributed by atoms with van der Waals surface area (Å²) in [6, 6.07) is 3.97. The SMILES string of the molecule is CC(C)CC[C@@H](O)[C@@H](C)[C@H]1CC[C@H]2[C@@H]3CC[C@H]4C[C@@](C)(O)CC[C@]4(C)[C@H]3CC[C@]12C.CC(C)CC[C@H](O)[C@@H](C)[C@H]1CC[C@H]2[C@@H]3CC[C@@H]4C[C@@](C)(O)CC[C@]4(C)[C@H]3CC[C@]12C.CC[C@]1(O)CC[C@@]2(C)[C@@H](CC[C@@H]3[C@@H]2CC[C@]2(C)[C@@H]([C@H](C)[C@H](O)C4CC4)CC[C@@H]32)C1.CC[C@]1(O)CC[C@@]2(C)[C@@H](CC[C@@H]3[C@@H]2CC[C@]2(C)[C@@H]([C@H](C)[C@H](O)c4cccnc4)CC[C@@H]32)C1.C[C@H]([C@H](C)O)[C@H]1CC[C@H]2[C@@H]3CC[C@H]4C[C@@](C)(O)CC[C@]4(C)[C@H]3CC[C@]12C. The lowest BCUT2D eigenvalue weighted by atomic mass is 9.43. The highest BCUT2D eigenvalue weighted by molar-refractivity contribution is 5.21. The Labute approximate surface area is 901 Å². The third-order valence-corrected chi connectivity index (χ3v) is 56.6. The van der Waals surface area contributed by atoms with Crippen LogP contribution in [0.2, 0.25) is 0 Å². The molecule has 0 saturated heterocycles. The molecule has 1 aromatic rings. The molecule has 50 atom stereocenters. The molecule has 21 saturated carbocycles. The van der Waals surface area contributed by atoms with E-state index >= 15 is 0 Å². The molecule has 842 valence electrons. The predicted molar refractivity (Wildman–Crippen MR) is 604 cm³/mol. The average molecular weight is 2040 g/mol. The minimum absolute atomic E-state index is 0.0494. The Balaban J connectivity index is 0.000000121. The first-order valence-electron chi connectivity index (χ1n) is 64.9. The van der Waals surface area contributed by atoms with Gasteiger partial charge in [-0.05, 0) is 629 Å². The van der Waals surface area contributed by atoms with Crippen molar-refractivity contribution in [2.45, 2.75) is 572 Å². The summed E-state index contributed by atoms with van der Waals surface area (Å²) in [6.45, 7) is 59.2. The number of rotatable bonds is 20. The van der Waals surface area contributed by atoms with Crippen molar-refractivity contribution in [2.75, 3.05) is 0 Å². The van der Waals surface area contributed by atoms with Crippen molar-refractivity contribution in [3.8, 4) is 0 Å². The van der Waals surface area contributed by atoms with Crippen LogP contribution in [-0.4, -0.2) is 108 Å². The van der Waals surface area contributed by atoms with Crippen LogP contribution in [0.4, 0.5) is 0 Å². The third-order valence-electron chi connectivity index (χ3n) is 56.6. The molecule has 0 spiro atoms. The van der Waals surface area contributed by atoms with Gasteiger partial charge in [0.2, 0.25) is 0 Å². The van der Waals surface area contributed by atoms with Crippen molar-refractivity contribution < 1.29 is 51.1 Å². The molecule has 10 N–H and O–H groups in total. The summed E-state index contributed by atoms with van der Waals surface area (Å²) in [7, 11) is 0. The van der Waals surface area contributed by atoms with Crippen LogP contribution in [0.3, 0.4) is 0 Å². The van der Waals surface area contributed by atoms with Gasteiger partial charge >= 0.3 is 0 Å². The average Bonchev–Trinajstić information content (AvgIpc) is 1.62. The van der Waals surface area contributed by atoms with E-state index < -0.39 is 28.5 Å². The van der Waals surface area contributed by atoms with Crippen LogP contribution < -0.4 is 0 Å². The predicted octanol–water partition coefficient (Wildman–Crippen LogP) is 31.8. The largest absolute Gasteiger partial charge is 0.393 e. The second-order valence-electron chi connectivity index (χ2n) is 64.3. The van der Waals surface area contributed by atoms with E-state index in [0.29, 0.717) is 125 Å². The molecule has 147 heavy (non-hydrogen) atoms. The standard InChI is InChI=1S/C29H45NO2.2C28H50O2.C27H46O2.C24H42O2/c1-5-29(32)15-14-27(3)21(17-29)8-9-22-24-11-10-23(28(24,4)13-12-25(22)27)19(2)26(31)20-7-6-16-30-18-20;2*1-18(2)7-12-25(29)19(3)22-10-11-23-21-9-8-20-17-26(4,30)15-16-27(20,5)24(21)13-14-28(22,23)6;1-5-27(29)15-14-25(3)19(16-27)8-9-20-22-11-10-21(17(2)24(28)18-6-7-18)26(22,4)13-12-23(20)25;1-15(16(2)25)19-8-9-20-18-7-6-17-14-22(3,26)12-13-23(17,4)21(18)10-11-24(19,20)5/h6-7,16,18-19,21-26,31-32H,5,8-15,17H2,1-4H3;2*18-25,29-30H,7-17H2,1-6H3;17-24,28-29H,5-16H2,1-4H3;15-21,25-26H,6-14H2,1-5H3/t19-,21-,22-,23+,24-,25-,26-,27-,28+,29-;19-,20+,21-,22+,23-,24-,25-,26-,27-,28+;19-,20-,21-,22+,23-,24-,25+,26-,27-,28+;17-,19-,20-,21+,22-,23-,24-,25-,26+,27-;15-,16+,17+,18+,19-,20+,21+,22+,23+,24-/m00001/s1. The van der Waals surface area contributed by atoms with Crippen LogP contribution in [-0.2, 0) is 0 Å². The summed E-state index contributed by atoms with van der Waals surface area (Å²) < 4.78 is 0. The van der Waals surface area contributed by atoms with E-state index in [-0.39, 0.29) is 35.9 Å². The molecule has 21 aliphatic rings. The molecule has 1 heterocycles. The first kappa shape index (κ1) is 115. The molecule has 11 heteroatoms. The van der Waals surface area contributed by atoms with Crippen molar-refractivity contribution in [1.29, 1.82) is 0 Å². The Hall–Kier alpha value is -1.25. The first-order chi connectivity index (χ1) is 69.0. The Kier molecular flexibility index (Phi) is 33.7. The molecule has 0 unspecified atom stereocenters. The van der Waals surface area contributed by atoms with Gasteiger partial charge < -0.3 is 51.1 Å². The Morgan fingerprint density at radius 3 is 0.803 bits per heavy atom. The molecule has 1 aromatic heterocycles. The van der Waals surface area contributed by atoms with Crippen molar-refractivity contribution >= 4 is 0 Å². The molecular weight excluding hydrogens is 1810 g/mol. The highest BCUT2D eigenvalue weighted by Gasteiger charge is 2.70. The lowest BCUT2D eigenvalue weighted by Crippen LogP contribution is -2.56. The number of aromatic nitrogens is 1. The lowest BCUT2D eigenvalue weighted by molar-refractivity contribution is -0.154. The normalized spacial score (nSPS) is 51.6. The van der Waals surface area contributed by atoms with Gasteiger partial charge in [0, 0.05) is 12.4 Å². The smallest absolute Gasteiger partial charge is 0.0833 e. The van der Waals surface area contributed by atoms with Crippen LogP contribution in [0, 0.1) is 249 Å². The molecule has 11 nitrogen and oxygen atoms in total. The molecular formula is C136H233NO10. The van der Waals surface area contributed by atoms with Gasteiger partial charge in [0.25, 0.3) is 0 Å².